The number of furan rings is 1. The zero-order valence-electron chi connectivity index (χ0n) is 16.2. The lowest BCUT2D eigenvalue weighted by atomic mass is 10.1. The van der Waals surface area contributed by atoms with Gasteiger partial charge in [-0.3, -0.25) is 14.9 Å². The molecule has 11 nitrogen and oxygen atoms in total. The van der Waals surface area contributed by atoms with Gasteiger partial charge in [0.25, 0.3) is 11.5 Å². The standard InChI is InChI=1S/C19H14ClN7O4/c1-10-7-11(2)26-19(22-10)23-17(25-26)18(28)24-21-9-13-4-6-16(31-13)14-8-12(27(29)30)3-5-15(14)20/h3-9H,1-2H3,(H,24,28)/b21-9+. The van der Waals surface area contributed by atoms with Crippen molar-refractivity contribution in [2.45, 2.75) is 13.8 Å². The summed E-state index contributed by atoms with van der Waals surface area (Å²) in [6.45, 7) is 3.66. The Morgan fingerprint density at radius 2 is 2.06 bits per heavy atom. The molecule has 0 bridgehead atoms. The fourth-order valence-corrected chi connectivity index (χ4v) is 3.06. The van der Waals surface area contributed by atoms with Crippen LogP contribution in [0.25, 0.3) is 17.1 Å². The number of non-ortho nitro benzene ring substituents is 1. The summed E-state index contributed by atoms with van der Waals surface area (Å²) in [5.74, 6) is 0.236. The van der Waals surface area contributed by atoms with Crippen LogP contribution in [0.1, 0.15) is 27.8 Å². The first-order valence-electron chi connectivity index (χ1n) is 8.90. The van der Waals surface area contributed by atoms with Gasteiger partial charge in [-0.05, 0) is 38.1 Å². The Labute approximate surface area is 179 Å². The predicted octanol–water partition coefficient (Wildman–Crippen LogP) is 3.33. The second-order valence-corrected chi connectivity index (χ2v) is 6.92. The van der Waals surface area contributed by atoms with Gasteiger partial charge in [0.1, 0.15) is 11.5 Å². The number of fused-ring (bicyclic) bond motifs is 1. The Morgan fingerprint density at radius 3 is 2.84 bits per heavy atom. The summed E-state index contributed by atoms with van der Waals surface area (Å²) in [5, 5.41) is 19.2. The number of carbonyl (C=O) groups excluding carboxylic acids is 1. The van der Waals surface area contributed by atoms with Gasteiger partial charge in [0, 0.05) is 29.1 Å². The third-order valence-corrected chi connectivity index (χ3v) is 4.56. The number of benzene rings is 1. The molecule has 0 aliphatic heterocycles. The maximum atomic E-state index is 12.3. The van der Waals surface area contributed by atoms with Crippen LogP contribution in [0.15, 0.2) is 45.9 Å². The third kappa shape index (κ3) is 4.12. The van der Waals surface area contributed by atoms with E-state index in [1.807, 2.05) is 19.9 Å². The lowest BCUT2D eigenvalue weighted by molar-refractivity contribution is -0.384. The zero-order chi connectivity index (χ0) is 22.1. The Bertz CT molecular complexity index is 1360. The number of halogens is 1. The number of rotatable bonds is 5. The van der Waals surface area contributed by atoms with E-state index in [-0.39, 0.29) is 11.5 Å². The highest BCUT2D eigenvalue weighted by Gasteiger charge is 2.16. The molecule has 1 N–H and O–H groups in total. The van der Waals surface area contributed by atoms with E-state index in [1.54, 1.807) is 12.1 Å². The molecule has 0 fully saturated rings. The van der Waals surface area contributed by atoms with Crippen molar-refractivity contribution in [2.24, 2.45) is 5.10 Å². The van der Waals surface area contributed by atoms with Crippen LogP contribution >= 0.6 is 11.6 Å². The van der Waals surface area contributed by atoms with Crippen LogP contribution in [0.5, 0.6) is 0 Å². The van der Waals surface area contributed by atoms with Crippen molar-refractivity contribution in [1.82, 2.24) is 25.0 Å². The number of nitro benzene ring substituents is 1. The number of aromatic nitrogens is 4. The molecule has 3 aromatic heterocycles. The van der Waals surface area contributed by atoms with Crippen LogP contribution in [0.4, 0.5) is 5.69 Å². The quantitative estimate of drug-likeness (QED) is 0.285. The van der Waals surface area contributed by atoms with Gasteiger partial charge < -0.3 is 4.42 Å². The molecule has 31 heavy (non-hydrogen) atoms. The lowest BCUT2D eigenvalue weighted by Gasteiger charge is -2.00. The maximum Gasteiger partial charge on any atom is 0.311 e. The van der Waals surface area contributed by atoms with Gasteiger partial charge >= 0.3 is 5.91 Å². The molecule has 0 spiro atoms. The number of hydrazone groups is 1. The van der Waals surface area contributed by atoms with E-state index in [1.165, 1.54) is 28.9 Å². The van der Waals surface area contributed by atoms with Crippen molar-refractivity contribution in [3.63, 3.8) is 0 Å². The van der Waals surface area contributed by atoms with Crippen LogP contribution in [0.2, 0.25) is 5.02 Å². The van der Waals surface area contributed by atoms with E-state index in [2.05, 4.69) is 25.6 Å². The van der Waals surface area contributed by atoms with Gasteiger partial charge in [-0.1, -0.05) is 11.6 Å². The highest BCUT2D eigenvalue weighted by Crippen LogP contribution is 2.32. The molecule has 4 aromatic rings. The van der Waals surface area contributed by atoms with E-state index in [9.17, 15) is 14.9 Å². The molecule has 0 unspecified atom stereocenters. The van der Waals surface area contributed by atoms with Crippen LogP contribution in [0.3, 0.4) is 0 Å². The SMILES string of the molecule is Cc1cc(C)n2nc(C(=O)N/N=C/c3ccc(-c4cc([N+](=O)[O-])ccc4Cl)o3)nc2n1. The van der Waals surface area contributed by atoms with Crippen LogP contribution in [0, 0.1) is 24.0 Å². The number of nitrogens with one attached hydrogen (secondary N) is 1. The highest BCUT2D eigenvalue weighted by atomic mass is 35.5. The minimum Gasteiger partial charge on any atom is -0.455 e. The molecule has 0 saturated heterocycles. The Kier molecular flexibility index (Phi) is 5.17. The minimum atomic E-state index is -0.618. The summed E-state index contributed by atoms with van der Waals surface area (Å²) >= 11 is 6.12. The molecular weight excluding hydrogens is 426 g/mol. The van der Waals surface area contributed by atoms with E-state index in [4.69, 9.17) is 16.0 Å². The van der Waals surface area contributed by atoms with Crippen LogP contribution < -0.4 is 5.43 Å². The summed E-state index contributed by atoms with van der Waals surface area (Å²) in [6.07, 6.45) is 1.27. The number of aryl methyl sites for hydroxylation is 2. The summed E-state index contributed by atoms with van der Waals surface area (Å²) in [4.78, 5) is 31.0. The highest BCUT2D eigenvalue weighted by molar-refractivity contribution is 6.33. The molecule has 4 rings (SSSR count). The number of hydrogen-bond acceptors (Lipinski definition) is 8. The zero-order valence-corrected chi connectivity index (χ0v) is 17.0. The fourth-order valence-electron chi connectivity index (χ4n) is 2.85. The molecule has 12 heteroatoms. The smallest absolute Gasteiger partial charge is 0.311 e. The summed E-state index contributed by atoms with van der Waals surface area (Å²) in [5.41, 5.74) is 4.13. The Balaban J connectivity index is 1.49. The number of amides is 1. The second kappa shape index (κ2) is 7.95. The largest absolute Gasteiger partial charge is 0.455 e. The first-order valence-corrected chi connectivity index (χ1v) is 9.28. The Hall–Kier alpha value is -4.12. The molecule has 0 radical (unpaired) electrons. The lowest BCUT2D eigenvalue weighted by Crippen LogP contribution is -2.19. The van der Waals surface area contributed by atoms with Crippen molar-refractivity contribution in [3.05, 3.63) is 74.5 Å². The van der Waals surface area contributed by atoms with Gasteiger partial charge in [0.05, 0.1) is 16.2 Å². The molecule has 3 heterocycles. The first-order chi connectivity index (χ1) is 14.8. The molecule has 0 aliphatic rings. The van der Waals surface area contributed by atoms with Crippen molar-refractivity contribution in [3.8, 4) is 11.3 Å². The fraction of sp³-hybridized carbons (Fsp3) is 0.105. The van der Waals surface area contributed by atoms with Gasteiger partial charge in [-0.2, -0.15) is 10.1 Å². The molecule has 156 valence electrons. The van der Waals surface area contributed by atoms with Crippen molar-refractivity contribution < 1.29 is 14.1 Å². The predicted molar refractivity (Wildman–Crippen MR) is 111 cm³/mol. The van der Waals surface area contributed by atoms with Crippen molar-refractivity contribution in [2.75, 3.05) is 0 Å². The second-order valence-electron chi connectivity index (χ2n) is 6.51. The van der Waals surface area contributed by atoms with Crippen molar-refractivity contribution >= 4 is 35.2 Å². The summed E-state index contributed by atoms with van der Waals surface area (Å²) in [7, 11) is 0. The van der Waals surface area contributed by atoms with E-state index < -0.39 is 10.8 Å². The van der Waals surface area contributed by atoms with Gasteiger partial charge in [0.2, 0.25) is 5.82 Å². The Morgan fingerprint density at radius 1 is 1.26 bits per heavy atom. The number of nitrogens with zero attached hydrogens (tertiary/aromatic N) is 6. The topological polar surface area (TPSA) is 141 Å². The normalized spacial score (nSPS) is 11.3. The van der Waals surface area contributed by atoms with E-state index in [0.29, 0.717) is 27.9 Å². The van der Waals surface area contributed by atoms with Crippen LogP contribution in [-0.4, -0.2) is 36.6 Å². The average Bonchev–Trinajstić information content (AvgIpc) is 3.35. The van der Waals surface area contributed by atoms with Crippen LogP contribution in [-0.2, 0) is 0 Å². The van der Waals surface area contributed by atoms with E-state index in [0.717, 1.165) is 11.4 Å². The van der Waals surface area contributed by atoms with Gasteiger partial charge in [-0.15, -0.1) is 5.10 Å². The minimum absolute atomic E-state index is 0.0816. The molecule has 0 atom stereocenters. The summed E-state index contributed by atoms with van der Waals surface area (Å²) in [6, 6.07) is 9.04. The average molecular weight is 440 g/mol. The molecule has 0 saturated carbocycles. The van der Waals surface area contributed by atoms with Gasteiger partial charge in [0.15, 0.2) is 0 Å². The monoisotopic (exact) mass is 439 g/mol. The first kappa shape index (κ1) is 20.2. The van der Waals surface area contributed by atoms with Gasteiger partial charge in [-0.25, -0.2) is 14.9 Å². The summed E-state index contributed by atoms with van der Waals surface area (Å²) < 4.78 is 7.06. The molecule has 1 aromatic carbocycles. The van der Waals surface area contributed by atoms with Crippen molar-refractivity contribution in [1.29, 1.82) is 0 Å². The molecular formula is C19H14ClN7O4. The number of nitro groups is 1. The maximum absolute atomic E-state index is 12.3. The number of hydrogen-bond donors (Lipinski definition) is 1. The van der Waals surface area contributed by atoms with E-state index >= 15 is 0 Å². The third-order valence-electron chi connectivity index (χ3n) is 4.23. The molecule has 1 amide bonds. The number of carbonyl (C=O) groups is 1. The molecule has 0 aliphatic carbocycles.